The van der Waals surface area contributed by atoms with Crippen LogP contribution >= 0.6 is 12.4 Å². The maximum Gasteiger partial charge on any atom is 0.323 e. The number of ether oxygens (including phenoxy) is 1. The highest BCUT2D eigenvalue weighted by Gasteiger charge is 2.40. The van der Waals surface area contributed by atoms with Crippen LogP contribution in [0.25, 0.3) is 0 Å². The molecule has 11 N–H and O–H groups in total. The van der Waals surface area contributed by atoms with Crippen LogP contribution in [0.4, 0.5) is 11.4 Å². The van der Waals surface area contributed by atoms with Crippen molar-refractivity contribution in [2.24, 2.45) is 32.9 Å². The van der Waals surface area contributed by atoms with Crippen LogP contribution in [0.5, 0.6) is 5.75 Å². The van der Waals surface area contributed by atoms with Gasteiger partial charge in [-0.15, -0.1) is 12.4 Å². The van der Waals surface area contributed by atoms with Crippen molar-refractivity contribution in [1.29, 1.82) is 0 Å². The van der Waals surface area contributed by atoms with E-state index in [0.717, 1.165) is 0 Å². The zero-order chi connectivity index (χ0) is 37.8. The molecule has 1 heterocycles. The van der Waals surface area contributed by atoms with Gasteiger partial charge in [0.15, 0.2) is 11.9 Å². The van der Waals surface area contributed by atoms with Gasteiger partial charge < -0.3 is 53.2 Å². The molecule has 0 aromatic heterocycles. The Kier molecular flexibility index (Phi) is 15.0. The van der Waals surface area contributed by atoms with Gasteiger partial charge in [0.25, 0.3) is 11.8 Å². The monoisotopic (exact) mass is 750 g/mol. The van der Waals surface area contributed by atoms with Crippen LogP contribution in [-0.4, -0.2) is 102 Å². The number of rotatable bonds is 15. The molecule has 4 rings (SSSR count). The third-order valence-corrected chi connectivity index (χ3v) is 8.11. The Bertz CT molecular complexity index is 1810. The molecule has 1 saturated heterocycles. The van der Waals surface area contributed by atoms with E-state index in [1.807, 2.05) is 0 Å². The van der Waals surface area contributed by atoms with E-state index in [0.29, 0.717) is 28.3 Å². The summed E-state index contributed by atoms with van der Waals surface area (Å²) in [6.07, 6.45) is 0.464. The molecule has 0 aliphatic carbocycles. The second-order valence-electron chi connectivity index (χ2n) is 11.8. The number of carboxylic acids is 1. The van der Waals surface area contributed by atoms with Crippen LogP contribution in [0.15, 0.2) is 82.8 Å². The number of hydrogen-bond acceptors (Lipinski definition) is 8. The minimum absolute atomic E-state index is 0. The summed E-state index contributed by atoms with van der Waals surface area (Å²) in [5, 5.41) is 15.0. The van der Waals surface area contributed by atoms with E-state index in [1.165, 1.54) is 29.0 Å². The third kappa shape index (κ3) is 11.9. The molecular formula is C35H43ClN10O7. The molecule has 3 aromatic carbocycles. The predicted octanol–water partition coefficient (Wildman–Crippen LogP) is 0.602. The SMILES string of the molecule is COc1ccc(CC(NC(=O)c2ccc(N=C(N)N)cc2)C(=O)N2CCN(CC(=O)O)C(=O)[C@@H]2CCCNC(=O)c2ccc(N=C(N)N)cc2)cc1.Cl. The Morgan fingerprint density at radius 2 is 1.40 bits per heavy atom. The minimum Gasteiger partial charge on any atom is -0.497 e. The van der Waals surface area contributed by atoms with Crippen molar-refractivity contribution >= 4 is 65.3 Å². The molecule has 18 heteroatoms. The van der Waals surface area contributed by atoms with Gasteiger partial charge in [-0.25, -0.2) is 9.98 Å². The molecule has 1 fully saturated rings. The zero-order valence-electron chi connectivity index (χ0n) is 28.9. The molecule has 3 aromatic rings. The van der Waals surface area contributed by atoms with Gasteiger partial charge in [0, 0.05) is 37.2 Å². The lowest BCUT2D eigenvalue weighted by Crippen LogP contribution is -2.63. The summed E-state index contributed by atoms with van der Waals surface area (Å²) in [5.41, 5.74) is 23.9. The number of halogens is 1. The fraction of sp³-hybridized carbons (Fsp3) is 0.286. The number of carboxylic acid groups (broad SMARTS) is 1. The molecule has 0 bridgehead atoms. The van der Waals surface area contributed by atoms with Gasteiger partial charge in [0.1, 0.15) is 24.4 Å². The molecule has 1 unspecified atom stereocenters. The second-order valence-corrected chi connectivity index (χ2v) is 11.8. The van der Waals surface area contributed by atoms with Gasteiger partial charge in [-0.05, 0) is 79.1 Å². The van der Waals surface area contributed by atoms with Crippen LogP contribution in [0.2, 0.25) is 0 Å². The molecule has 1 aliphatic heterocycles. The number of benzene rings is 3. The van der Waals surface area contributed by atoms with Gasteiger partial charge >= 0.3 is 5.97 Å². The number of nitrogens with one attached hydrogen (secondary N) is 2. The highest BCUT2D eigenvalue weighted by molar-refractivity contribution is 5.99. The summed E-state index contributed by atoms with van der Waals surface area (Å²) in [7, 11) is 1.53. The van der Waals surface area contributed by atoms with Crippen LogP contribution in [0.3, 0.4) is 0 Å². The largest absolute Gasteiger partial charge is 0.497 e. The van der Waals surface area contributed by atoms with Gasteiger partial charge in [0.2, 0.25) is 11.8 Å². The lowest BCUT2D eigenvalue weighted by atomic mass is 9.99. The second kappa shape index (κ2) is 19.3. The summed E-state index contributed by atoms with van der Waals surface area (Å²) in [4.78, 5) is 76.2. The van der Waals surface area contributed by atoms with Crippen LogP contribution in [0.1, 0.15) is 39.1 Å². The highest BCUT2D eigenvalue weighted by atomic mass is 35.5. The van der Waals surface area contributed by atoms with E-state index in [1.54, 1.807) is 60.7 Å². The smallest absolute Gasteiger partial charge is 0.323 e. The molecule has 1 aliphatic rings. The van der Waals surface area contributed by atoms with Crippen LogP contribution in [0, 0.1) is 0 Å². The van der Waals surface area contributed by atoms with Crippen molar-refractivity contribution in [3.05, 3.63) is 89.5 Å². The number of aliphatic carboxylic acids is 1. The van der Waals surface area contributed by atoms with Gasteiger partial charge in [-0.2, -0.15) is 0 Å². The number of aliphatic imine (C=N–C) groups is 2. The normalized spacial score (nSPS) is 14.2. The van der Waals surface area contributed by atoms with Gasteiger partial charge in [0.05, 0.1) is 18.5 Å². The number of carbonyl (C=O) groups is 5. The zero-order valence-corrected chi connectivity index (χ0v) is 29.8. The lowest BCUT2D eigenvalue weighted by molar-refractivity contribution is -0.156. The number of carbonyl (C=O) groups excluding carboxylic acids is 4. The highest BCUT2D eigenvalue weighted by Crippen LogP contribution is 2.21. The van der Waals surface area contributed by atoms with E-state index in [2.05, 4.69) is 20.6 Å². The Balaban J connectivity index is 0.00000756. The topological polar surface area (TPSA) is 274 Å². The van der Waals surface area contributed by atoms with Crippen molar-refractivity contribution in [2.75, 3.05) is 33.3 Å². The summed E-state index contributed by atoms with van der Waals surface area (Å²) >= 11 is 0. The van der Waals surface area contributed by atoms with E-state index in [9.17, 15) is 29.1 Å². The molecule has 2 atom stereocenters. The molecular weight excluding hydrogens is 708 g/mol. The first-order chi connectivity index (χ1) is 24.8. The summed E-state index contributed by atoms with van der Waals surface area (Å²) in [5.74, 6) is -2.86. The average Bonchev–Trinajstić information content (AvgIpc) is 3.11. The Morgan fingerprint density at radius 1 is 0.849 bits per heavy atom. The molecule has 4 amide bonds. The third-order valence-electron chi connectivity index (χ3n) is 8.11. The first-order valence-corrected chi connectivity index (χ1v) is 16.3. The van der Waals surface area contributed by atoms with Crippen molar-refractivity contribution in [3.8, 4) is 5.75 Å². The fourth-order valence-corrected chi connectivity index (χ4v) is 5.61. The average molecular weight is 751 g/mol. The first kappa shape index (κ1) is 41.1. The number of guanidine groups is 2. The Labute approximate surface area is 311 Å². The summed E-state index contributed by atoms with van der Waals surface area (Å²) in [6, 6.07) is 17.2. The lowest BCUT2D eigenvalue weighted by Gasteiger charge is -2.41. The Morgan fingerprint density at radius 3 is 1.91 bits per heavy atom. The van der Waals surface area contributed by atoms with E-state index in [-0.39, 0.29) is 74.7 Å². The van der Waals surface area contributed by atoms with E-state index < -0.39 is 42.3 Å². The Hall–Kier alpha value is -6.36. The number of nitrogens with zero attached hydrogens (tertiary/aromatic N) is 4. The maximum atomic E-state index is 14.3. The summed E-state index contributed by atoms with van der Waals surface area (Å²) < 4.78 is 5.25. The molecule has 282 valence electrons. The number of nitrogens with two attached hydrogens (primary N) is 4. The van der Waals surface area contributed by atoms with Crippen molar-refractivity contribution in [2.45, 2.75) is 31.3 Å². The quantitative estimate of drug-likeness (QED) is 0.0642. The molecule has 53 heavy (non-hydrogen) atoms. The van der Waals surface area contributed by atoms with Crippen molar-refractivity contribution in [1.82, 2.24) is 20.4 Å². The van der Waals surface area contributed by atoms with E-state index >= 15 is 0 Å². The number of piperazine rings is 1. The fourth-order valence-electron chi connectivity index (χ4n) is 5.61. The predicted molar refractivity (Wildman–Crippen MR) is 200 cm³/mol. The van der Waals surface area contributed by atoms with Gasteiger partial charge in [-0.3, -0.25) is 24.0 Å². The van der Waals surface area contributed by atoms with Crippen molar-refractivity contribution < 1.29 is 33.8 Å². The summed E-state index contributed by atoms with van der Waals surface area (Å²) in [6.45, 7) is -0.373. The maximum absolute atomic E-state index is 14.3. The van der Waals surface area contributed by atoms with Gasteiger partial charge in [-0.1, -0.05) is 12.1 Å². The standard InChI is InChI=1S/C35H42N10O7.ClH/c1-52-26-14-4-21(5-15-26)19-27(43-31(49)23-8-12-25(13-9-23)42-35(38)39)32(50)45-18-17-44(20-29(46)47)33(51)28(45)3-2-16-40-30(48)22-6-10-24(11-7-22)41-34(36)37;/h4-15,27-28H,2-3,16-20H2,1H3,(H,40,48)(H,43,49)(H,46,47)(H4,36,37,41)(H4,38,39,42);1H/t27?,28-;/m0./s1. The molecule has 0 saturated carbocycles. The minimum atomic E-state index is -1.19. The number of hydrogen-bond donors (Lipinski definition) is 7. The van der Waals surface area contributed by atoms with E-state index in [4.69, 9.17) is 27.7 Å². The molecule has 0 spiro atoms. The molecule has 0 radical (unpaired) electrons. The van der Waals surface area contributed by atoms with Crippen LogP contribution < -0.4 is 38.3 Å². The number of amides is 4. The number of methoxy groups -OCH3 is 1. The molecule has 17 nitrogen and oxygen atoms in total. The van der Waals surface area contributed by atoms with Crippen LogP contribution in [-0.2, 0) is 20.8 Å². The van der Waals surface area contributed by atoms with Crippen molar-refractivity contribution in [3.63, 3.8) is 0 Å². The first-order valence-electron chi connectivity index (χ1n) is 16.3.